The quantitative estimate of drug-likeness (QED) is 0.842. The third-order valence-corrected chi connectivity index (χ3v) is 3.53. The maximum Gasteiger partial charge on any atom is 0.200 e. The van der Waals surface area contributed by atoms with E-state index in [1.807, 2.05) is 13.8 Å². The lowest BCUT2D eigenvalue weighted by atomic mass is 10.0. The van der Waals surface area contributed by atoms with Gasteiger partial charge in [0.15, 0.2) is 11.6 Å². The van der Waals surface area contributed by atoms with E-state index < -0.39 is 11.6 Å². The van der Waals surface area contributed by atoms with Crippen molar-refractivity contribution in [3.63, 3.8) is 0 Å². The van der Waals surface area contributed by atoms with E-state index in [9.17, 15) is 8.78 Å². The Hall–Kier alpha value is -1.16. The summed E-state index contributed by atoms with van der Waals surface area (Å²) in [4.78, 5) is 0. The minimum atomic E-state index is -0.935. The van der Waals surface area contributed by atoms with Gasteiger partial charge < -0.3 is 10.5 Å². The molecule has 0 aromatic heterocycles. The minimum absolute atomic E-state index is 0.0222. The first-order chi connectivity index (χ1) is 7.41. The first-order valence-electron chi connectivity index (χ1n) is 5.18. The highest BCUT2D eigenvalue weighted by molar-refractivity contribution is 5.45. The molecule has 1 aliphatic carbocycles. The van der Waals surface area contributed by atoms with E-state index in [0.717, 1.165) is 6.07 Å². The van der Waals surface area contributed by atoms with Crippen LogP contribution in [0.2, 0.25) is 0 Å². The highest BCUT2D eigenvalue weighted by atomic mass is 19.2. The lowest BCUT2D eigenvalue weighted by Gasteiger charge is -2.10. The van der Waals surface area contributed by atoms with E-state index in [-0.39, 0.29) is 23.1 Å². The molecule has 4 heteroatoms. The van der Waals surface area contributed by atoms with Crippen molar-refractivity contribution < 1.29 is 13.5 Å². The van der Waals surface area contributed by atoms with Crippen LogP contribution in [0.15, 0.2) is 12.1 Å². The van der Waals surface area contributed by atoms with Gasteiger partial charge in [-0.1, -0.05) is 19.9 Å². The van der Waals surface area contributed by atoms with Crippen molar-refractivity contribution in [3.05, 3.63) is 29.3 Å². The lowest BCUT2D eigenvalue weighted by Crippen LogP contribution is -2.06. The zero-order chi connectivity index (χ0) is 12.1. The number of benzene rings is 1. The zero-order valence-electron chi connectivity index (χ0n) is 9.55. The molecule has 1 aromatic rings. The summed E-state index contributed by atoms with van der Waals surface area (Å²) in [5.41, 5.74) is 6.48. The monoisotopic (exact) mass is 227 g/mol. The number of rotatable bonds is 2. The minimum Gasteiger partial charge on any atom is -0.493 e. The van der Waals surface area contributed by atoms with Gasteiger partial charge in [-0.05, 0) is 11.5 Å². The van der Waals surface area contributed by atoms with E-state index >= 15 is 0 Å². The van der Waals surface area contributed by atoms with Gasteiger partial charge in [0.25, 0.3) is 0 Å². The van der Waals surface area contributed by atoms with Crippen molar-refractivity contribution in [2.24, 2.45) is 11.1 Å². The fourth-order valence-corrected chi connectivity index (χ4v) is 2.27. The van der Waals surface area contributed by atoms with Gasteiger partial charge in [-0.2, -0.15) is 4.39 Å². The SMILES string of the molecule is COc1c([C@H]2[C@H](N)C2(C)C)ccc(F)c1F. The smallest absolute Gasteiger partial charge is 0.200 e. The van der Waals surface area contributed by atoms with E-state index in [1.165, 1.54) is 7.11 Å². The summed E-state index contributed by atoms with van der Waals surface area (Å²) < 4.78 is 31.5. The predicted octanol–water partition coefficient (Wildman–Crippen LogP) is 2.42. The average molecular weight is 227 g/mol. The van der Waals surface area contributed by atoms with Gasteiger partial charge in [-0.25, -0.2) is 4.39 Å². The van der Waals surface area contributed by atoms with Crippen LogP contribution in [0.4, 0.5) is 8.78 Å². The maximum atomic E-state index is 13.5. The summed E-state index contributed by atoms with van der Waals surface area (Å²) >= 11 is 0. The molecule has 0 saturated heterocycles. The van der Waals surface area contributed by atoms with Crippen LogP contribution < -0.4 is 10.5 Å². The second-order valence-electron chi connectivity index (χ2n) is 4.81. The van der Waals surface area contributed by atoms with E-state index in [1.54, 1.807) is 6.07 Å². The molecular weight excluding hydrogens is 212 g/mol. The van der Waals surface area contributed by atoms with E-state index in [4.69, 9.17) is 10.5 Å². The summed E-state index contributed by atoms with van der Waals surface area (Å²) in [6.45, 7) is 4.01. The summed E-state index contributed by atoms with van der Waals surface area (Å²) in [6, 6.07) is 2.64. The Balaban J connectivity index is 2.47. The Morgan fingerprint density at radius 1 is 1.31 bits per heavy atom. The Labute approximate surface area is 93.4 Å². The Morgan fingerprint density at radius 2 is 1.88 bits per heavy atom. The topological polar surface area (TPSA) is 35.2 Å². The molecule has 2 rings (SSSR count). The number of hydrogen-bond acceptors (Lipinski definition) is 2. The molecule has 88 valence electrons. The molecule has 0 amide bonds. The second-order valence-corrected chi connectivity index (χ2v) is 4.81. The molecule has 1 saturated carbocycles. The number of hydrogen-bond donors (Lipinski definition) is 1. The van der Waals surface area contributed by atoms with Gasteiger partial charge in [-0.3, -0.25) is 0 Å². The fraction of sp³-hybridized carbons (Fsp3) is 0.500. The van der Waals surface area contributed by atoms with Crippen molar-refractivity contribution in [1.29, 1.82) is 0 Å². The molecule has 2 atom stereocenters. The van der Waals surface area contributed by atoms with Crippen molar-refractivity contribution in [3.8, 4) is 5.75 Å². The third kappa shape index (κ3) is 1.40. The molecule has 1 aliphatic rings. The van der Waals surface area contributed by atoms with Crippen LogP contribution in [0.25, 0.3) is 0 Å². The van der Waals surface area contributed by atoms with Crippen LogP contribution in [-0.2, 0) is 0 Å². The standard InChI is InChI=1S/C12H15F2NO/c1-12(2)8(11(12)15)6-4-5-7(13)9(14)10(6)16-3/h4-5,8,11H,15H2,1-3H3/t8-,11-/m0/s1. The molecule has 1 aromatic carbocycles. The average Bonchev–Trinajstić information content (AvgIpc) is 2.71. The van der Waals surface area contributed by atoms with Crippen LogP contribution >= 0.6 is 0 Å². The lowest BCUT2D eigenvalue weighted by molar-refractivity contribution is 0.365. The van der Waals surface area contributed by atoms with Gasteiger partial charge in [0, 0.05) is 17.5 Å². The van der Waals surface area contributed by atoms with Crippen molar-refractivity contribution >= 4 is 0 Å². The zero-order valence-corrected chi connectivity index (χ0v) is 9.55. The van der Waals surface area contributed by atoms with E-state index in [2.05, 4.69) is 0 Å². The van der Waals surface area contributed by atoms with Crippen molar-refractivity contribution in [2.45, 2.75) is 25.8 Å². The van der Waals surface area contributed by atoms with Gasteiger partial charge in [0.1, 0.15) is 0 Å². The molecule has 0 spiro atoms. The van der Waals surface area contributed by atoms with Crippen LogP contribution in [0, 0.1) is 17.0 Å². The Bertz CT molecular complexity index is 431. The molecule has 0 bridgehead atoms. The summed E-state index contributed by atoms with van der Waals surface area (Å²) in [6.07, 6.45) is 0. The molecule has 16 heavy (non-hydrogen) atoms. The van der Waals surface area contributed by atoms with Gasteiger partial charge in [0.05, 0.1) is 7.11 Å². The fourth-order valence-electron chi connectivity index (χ4n) is 2.27. The predicted molar refractivity (Wildman–Crippen MR) is 57.4 cm³/mol. The van der Waals surface area contributed by atoms with Gasteiger partial charge >= 0.3 is 0 Å². The van der Waals surface area contributed by atoms with Crippen LogP contribution in [-0.4, -0.2) is 13.2 Å². The molecule has 2 nitrogen and oxygen atoms in total. The maximum absolute atomic E-state index is 13.5. The third-order valence-electron chi connectivity index (χ3n) is 3.53. The Morgan fingerprint density at radius 3 is 2.31 bits per heavy atom. The normalized spacial score (nSPS) is 26.6. The molecule has 0 radical (unpaired) electrons. The first kappa shape index (κ1) is 11.3. The van der Waals surface area contributed by atoms with Gasteiger partial charge in [0.2, 0.25) is 5.82 Å². The molecule has 0 heterocycles. The highest BCUT2D eigenvalue weighted by Crippen LogP contribution is 2.59. The van der Waals surface area contributed by atoms with Gasteiger partial charge in [-0.15, -0.1) is 0 Å². The summed E-state index contributed by atoms with van der Waals surface area (Å²) in [5.74, 6) is -1.83. The molecule has 0 unspecified atom stereocenters. The summed E-state index contributed by atoms with van der Waals surface area (Å²) in [5, 5.41) is 0. The molecule has 1 fully saturated rings. The van der Waals surface area contributed by atoms with Crippen molar-refractivity contribution in [1.82, 2.24) is 0 Å². The number of methoxy groups -OCH3 is 1. The van der Waals surface area contributed by atoms with Crippen LogP contribution in [0.5, 0.6) is 5.75 Å². The number of nitrogens with two attached hydrogens (primary N) is 1. The van der Waals surface area contributed by atoms with E-state index in [0.29, 0.717) is 5.56 Å². The molecule has 2 N–H and O–H groups in total. The summed E-state index contributed by atoms with van der Waals surface area (Å²) in [7, 11) is 1.34. The van der Waals surface area contributed by atoms with Crippen LogP contribution in [0.3, 0.4) is 0 Å². The molecular formula is C12H15F2NO. The Kier molecular flexibility index (Phi) is 2.42. The van der Waals surface area contributed by atoms with Crippen molar-refractivity contribution in [2.75, 3.05) is 7.11 Å². The number of ether oxygens (including phenoxy) is 1. The highest BCUT2D eigenvalue weighted by Gasteiger charge is 2.57. The first-order valence-corrected chi connectivity index (χ1v) is 5.18. The number of halogens is 2. The largest absolute Gasteiger partial charge is 0.493 e. The second kappa shape index (κ2) is 3.42. The molecule has 0 aliphatic heterocycles. The van der Waals surface area contributed by atoms with Crippen LogP contribution in [0.1, 0.15) is 25.3 Å².